The molecule has 0 aromatic heterocycles. The summed E-state index contributed by atoms with van der Waals surface area (Å²) in [4.78, 5) is 1.89. The van der Waals surface area contributed by atoms with Gasteiger partial charge in [-0.25, -0.2) is 0 Å². The van der Waals surface area contributed by atoms with Crippen LogP contribution in [0.5, 0.6) is 5.75 Å². The molecule has 0 saturated carbocycles. The molecule has 0 aliphatic rings. The molecule has 0 bridgehead atoms. The predicted molar refractivity (Wildman–Crippen MR) is 77.5 cm³/mol. The highest BCUT2D eigenvalue weighted by atomic mass is 32.2. The Morgan fingerprint density at radius 2 is 1.85 bits per heavy atom. The highest BCUT2D eigenvalue weighted by Gasteiger charge is 2.07. The van der Waals surface area contributed by atoms with Crippen molar-refractivity contribution in [2.45, 2.75) is 30.2 Å². The van der Waals surface area contributed by atoms with Crippen LogP contribution in [0.3, 0.4) is 0 Å². The average Bonchev–Trinajstić information content (AvgIpc) is 2.35. The third-order valence-corrected chi connectivity index (χ3v) is 3.97. The summed E-state index contributed by atoms with van der Waals surface area (Å²) in [5, 5.41) is 0. The van der Waals surface area contributed by atoms with E-state index in [-0.39, 0.29) is 5.75 Å². The van der Waals surface area contributed by atoms with Crippen LogP contribution in [-0.4, -0.2) is 6.61 Å². The van der Waals surface area contributed by atoms with Crippen LogP contribution in [0, 0.1) is 13.8 Å². The first-order chi connectivity index (χ1) is 9.45. The molecule has 0 radical (unpaired) electrons. The number of nitrogens with two attached hydrogens (primary N) is 1. The second-order valence-corrected chi connectivity index (χ2v) is 5.55. The van der Waals surface area contributed by atoms with Crippen molar-refractivity contribution in [3.05, 3.63) is 47.5 Å². The van der Waals surface area contributed by atoms with Crippen LogP contribution in [0.15, 0.2) is 46.2 Å². The molecule has 0 amide bonds. The molecule has 106 valence electrons. The number of alkyl halides is 2. The van der Waals surface area contributed by atoms with E-state index in [0.29, 0.717) is 0 Å². The number of nitrogen functional groups attached to an aromatic ring is 1. The molecule has 2 aromatic rings. The fourth-order valence-electron chi connectivity index (χ4n) is 1.76. The Morgan fingerprint density at radius 3 is 2.55 bits per heavy atom. The van der Waals surface area contributed by atoms with E-state index in [4.69, 9.17) is 5.73 Å². The van der Waals surface area contributed by atoms with Gasteiger partial charge in [0.25, 0.3) is 0 Å². The van der Waals surface area contributed by atoms with E-state index < -0.39 is 6.61 Å². The number of anilines is 1. The summed E-state index contributed by atoms with van der Waals surface area (Å²) in [6.45, 7) is 1.10. The molecule has 0 aliphatic heterocycles. The van der Waals surface area contributed by atoms with Crippen LogP contribution in [0.2, 0.25) is 0 Å². The minimum atomic E-state index is -2.81. The summed E-state index contributed by atoms with van der Waals surface area (Å²) in [5.74, 6) is 0.162. The molecule has 2 aromatic carbocycles. The van der Waals surface area contributed by atoms with Crippen LogP contribution < -0.4 is 10.5 Å². The lowest BCUT2D eigenvalue weighted by atomic mass is 10.1. The fraction of sp³-hybridized carbons (Fsp3) is 0.200. The minimum absolute atomic E-state index is 0.162. The smallest absolute Gasteiger partial charge is 0.387 e. The molecule has 0 spiro atoms. The minimum Gasteiger partial charge on any atom is -0.435 e. The third-order valence-electron chi connectivity index (χ3n) is 2.82. The molecule has 0 heterocycles. The van der Waals surface area contributed by atoms with E-state index in [1.807, 2.05) is 32.0 Å². The summed E-state index contributed by atoms with van der Waals surface area (Å²) in [7, 11) is 0. The third kappa shape index (κ3) is 3.63. The lowest BCUT2D eigenvalue weighted by Gasteiger charge is -2.10. The van der Waals surface area contributed by atoms with Crippen molar-refractivity contribution in [1.82, 2.24) is 0 Å². The largest absolute Gasteiger partial charge is 0.435 e. The molecular formula is C15H15F2NOS. The molecule has 20 heavy (non-hydrogen) atoms. The van der Waals surface area contributed by atoms with Crippen LogP contribution >= 0.6 is 11.8 Å². The van der Waals surface area contributed by atoms with Crippen molar-refractivity contribution in [2.75, 3.05) is 5.73 Å². The maximum Gasteiger partial charge on any atom is 0.387 e. The molecule has 0 atom stereocenters. The molecule has 0 aliphatic carbocycles. The highest BCUT2D eigenvalue weighted by Crippen LogP contribution is 2.34. The lowest BCUT2D eigenvalue weighted by Crippen LogP contribution is -2.01. The maximum atomic E-state index is 12.2. The van der Waals surface area contributed by atoms with E-state index >= 15 is 0 Å². The molecular weight excluding hydrogens is 280 g/mol. The van der Waals surface area contributed by atoms with E-state index in [2.05, 4.69) is 4.74 Å². The van der Waals surface area contributed by atoms with Crippen LogP contribution in [0.1, 0.15) is 11.1 Å². The lowest BCUT2D eigenvalue weighted by molar-refractivity contribution is -0.0499. The van der Waals surface area contributed by atoms with Gasteiger partial charge in [-0.1, -0.05) is 17.8 Å². The second-order valence-electron chi connectivity index (χ2n) is 4.43. The number of hydrogen-bond acceptors (Lipinski definition) is 3. The molecule has 0 fully saturated rings. The van der Waals surface area contributed by atoms with Gasteiger partial charge in [0.15, 0.2) is 0 Å². The van der Waals surface area contributed by atoms with Gasteiger partial charge >= 0.3 is 6.61 Å². The Balaban J connectivity index is 2.24. The Bertz CT molecular complexity index is 617. The van der Waals surface area contributed by atoms with Gasteiger partial charge in [-0.2, -0.15) is 8.78 Å². The van der Waals surface area contributed by atoms with Crippen molar-refractivity contribution >= 4 is 17.4 Å². The van der Waals surface area contributed by atoms with E-state index in [0.717, 1.165) is 26.6 Å². The van der Waals surface area contributed by atoms with Gasteiger partial charge in [0.1, 0.15) is 5.75 Å². The SMILES string of the molecule is Cc1cc(Sc2cccc(OC(F)F)c2)c(C)cc1N. The fourth-order valence-corrected chi connectivity index (χ4v) is 2.79. The zero-order chi connectivity index (χ0) is 14.7. The van der Waals surface area contributed by atoms with Gasteiger partial charge in [-0.3, -0.25) is 0 Å². The predicted octanol–water partition coefficient (Wildman–Crippen LogP) is 4.64. The Hall–Kier alpha value is -1.75. The summed E-state index contributed by atoms with van der Waals surface area (Å²) >= 11 is 1.50. The van der Waals surface area contributed by atoms with Crippen LogP contribution in [-0.2, 0) is 0 Å². The Kier molecular flexibility index (Phi) is 4.49. The van der Waals surface area contributed by atoms with Crippen molar-refractivity contribution < 1.29 is 13.5 Å². The zero-order valence-electron chi connectivity index (χ0n) is 11.2. The molecule has 2 N–H and O–H groups in total. The number of halogens is 2. The number of ether oxygens (including phenoxy) is 1. The van der Waals surface area contributed by atoms with Gasteiger partial charge in [0.2, 0.25) is 0 Å². The van der Waals surface area contributed by atoms with Gasteiger partial charge in [0.05, 0.1) is 0 Å². The topological polar surface area (TPSA) is 35.2 Å². The molecule has 2 rings (SSSR count). The standard InChI is InChI=1S/C15H15F2NOS/c1-9-7-14(10(2)6-13(9)18)20-12-5-3-4-11(8-12)19-15(16)17/h3-8,15H,18H2,1-2H3. The molecule has 5 heteroatoms. The zero-order valence-corrected chi connectivity index (χ0v) is 12.0. The van der Waals surface area contributed by atoms with E-state index in [1.54, 1.807) is 12.1 Å². The van der Waals surface area contributed by atoms with Crippen molar-refractivity contribution in [3.63, 3.8) is 0 Å². The quantitative estimate of drug-likeness (QED) is 0.835. The highest BCUT2D eigenvalue weighted by molar-refractivity contribution is 7.99. The maximum absolute atomic E-state index is 12.2. The van der Waals surface area contributed by atoms with E-state index in [9.17, 15) is 8.78 Å². The molecule has 2 nitrogen and oxygen atoms in total. The second kappa shape index (κ2) is 6.13. The number of aryl methyl sites for hydroxylation is 2. The summed E-state index contributed by atoms with van der Waals surface area (Å²) in [6.07, 6.45) is 0. The number of rotatable bonds is 4. The summed E-state index contributed by atoms with van der Waals surface area (Å²) < 4.78 is 28.8. The molecule has 0 saturated heterocycles. The van der Waals surface area contributed by atoms with Gasteiger partial charge in [0, 0.05) is 15.5 Å². The first kappa shape index (κ1) is 14.7. The van der Waals surface area contributed by atoms with Gasteiger partial charge in [-0.15, -0.1) is 0 Å². The normalized spacial score (nSPS) is 10.8. The monoisotopic (exact) mass is 295 g/mol. The summed E-state index contributed by atoms with van der Waals surface area (Å²) in [6, 6.07) is 10.6. The van der Waals surface area contributed by atoms with E-state index in [1.165, 1.54) is 17.8 Å². The van der Waals surface area contributed by atoms with Crippen LogP contribution in [0.25, 0.3) is 0 Å². The van der Waals surface area contributed by atoms with Crippen molar-refractivity contribution in [2.24, 2.45) is 0 Å². The Labute approximate surface area is 120 Å². The average molecular weight is 295 g/mol. The van der Waals surface area contributed by atoms with Crippen LogP contribution in [0.4, 0.5) is 14.5 Å². The van der Waals surface area contributed by atoms with Crippen molar-refractivity contribution in [1.29, 1.82) is 0 Å². The first-order valence-electron chi connectivity index (χ1n) is 6.05. The van der Waals surface area contributed by atoms with Crippen molar-refractivity contribution in [3.8, 4) is 5.75 Å². The number of hydrogen-bond donors (Lipinski definition) is 1. The number of benzene rings is 2. The summed E-state index contributed by atoms with van der Waals surface area (Å²) in [5.41, 5.74) is 8.65. The Morgan fingerprint density at radius 1 is 1.10 bits per heavy atom. The van der Waals surface area contributed by atoms with Gasteiger partial charge < -0.3 is 10.5 Å². The first-order valence-corrected chi connectivity index (χ1v) is 6.87. The molecule has 0 unspecified atom stereocenters. The van der Waals surface area contributed by atoms with Gasteiger partial charge in [-0.05, 0) is 55.3 Å².